The van der Waals surface area contributed by atoms with Crippen LogP contribution < -0.4 is 10.2 Å². The van der Waals surface area contributed by atoms with E-state index in [9.17, 15) is 14.4 Å². The molecule has 2 saturated heterocycles. The number of carbonyl (C=O) groups excluding carboxylic acids is 3. The van der Waals surface area contributed by atoms with E-state index in [0.29, 0.717) is 24.5 Å². The van der Waals surface area contributed by atoms with Crippen LogP contribution in [-0.4, -0.2) is 58.8 Å². The molecule has 3 aromatic rings. The molecule has 2 aromatic heterocycles. The lowest BCUT2D eigenvalue weighted by Crippen LogP contribution is -2.48. The quantitative estimate of drug-likeness (QED) is 0.351. The molecular weight excluding hydrogens is 538 g/mol. The van der Waals surface area contributed by atoms with Gasteiger partial charge in [0.15, 0.2) is 11.6 Å². The summed E-state index contributed by atoms with van der Waals surface area (Å²) in [6.45, 7) is 9.96. The maximum Gasteiger partial charge on any atom is 0.243 e. The second-order valence-electron chi connectivity index (χ2n) is 11.6. The third-order valence-electron chi connectivity index (χ3n) is 8.43. The van der Waals surface area contributed by atoms with Crippen molar-refractivity contribution in [2.24, 2.45) is 11.8 Å². The Morgan fingerprint density at radius 1 is 1.10 bits per heavy atom. The summed E-state index contributed by atoms with van der Waals surface area (Å²) in [5.41, 5.74) is 4.98. The van der Waals surface area contributed by atoms with Gasteiger partial charge in [-0.15, -0.1) is 11.3 Å². The topological polar surface area (TPSA) is 109 Å². The summed E-state index contributed by atoms with van der Waals surface area (Å²) < 4.78 is 5.72. The first-order valence-electron chi connectivity index (χ1n) is 14.5. The van der Waals surface area contributed by atoms with Crippen molar-refractivity contribution in [1.82, 2.24) is 20.4 Å². The molecule has 0 spiro atoms. The van der Waals surface area contributed by atoms with Crippen molar-refractivity contribution in [3.05, 3.63) is 52.9 Å². The van der Waals surface area contributed by atoms with E-state index in [-0.39, 0.29) is 29.7 Å². The normalized spacial score (nSPS) is 19.4. The van der Waals surface area contributed by atoms with Gasteiger partial charge in [-0.1, -0.05) is 43.3 Å². The van der Waals surface area contributed by atoms with Gasteiger partial charge in [-0.25, -0.2) is 4.98 Å². The number of amides is 2. The summed E-state index contributed by atoms with van der Waals surface area (Å²) in [6, 6.07) is 9.34. The molecule has 2 unspecified atom stereocenters. The predicted molar refractivity (Wildman–Crippen MR) is 159 cm³/mol. The van der Waals surface area contributed by atoms with Crippen LogP contribution in [0.25, 0.3) is 10.4 Å². The second kappa shape index (κ2) is 12.5. The molecule has 2 aliphatic heterocycles. The summed E-state index contributed by atoms with van der Waals surface area (Å²) in [5.74, 6) is 0.514. The Morgan fingerprint density at radius 3 is 2.46 bits per heavy atom. The van der Waals surface area contributed by atoms with E-state index in [1.165, 1.54) is 0 Å². The zero-order valence-electron chi connectivity index (χ0n) is 24.2. The number of rotatable bonds is 9. The number of nitrogens with zero attached hydrogens (tertiary/aromatic N) is 4. The number of aryl methyl sites for hydroxylation is 1. The van der Waals surface area contributed by atoms with Gasteiger partial charge in [-0.2, -0.15) is 0 Å². The van der Waals surface area contributed by atoms with E-state index < -0.39 is 12.0 Å². The van der Waals surface area contributed by atoms with E-state index in [0.717, 1.165) is 60.3 Å². The number of nitrogens with one attached hydrogen (secondary N) is 1. The van der Waals surface area contributed by atoms with Crippen molar-refractivity contribution in [3.63, 3.8) is 0 Å². The van der Waals surface area contributed by atoms with Crippen LogP contribution in [0.5, 0.6) is 0 Å². The van der Waals surface area contributed by atoms with Gasteiger partial charge in [0, 0.05) is 31.6 Å². The van der Waals surface area contributed by atoms with Gasteiger partial charge in [-0.3, -0.25) is 9.59 Å². The van der Waals surface area contributed by atoms with Gasteiger partial charge in [-0.05, 0) is 56.6 Å². The highest BCUT2D eigenvalue weighted by atomic mass is 32.1. The maximum atomic E-state index is 13.9. The Kier molecular flexibility index (Phi) is 8.87. The average Bonchev–Trinajstić information content (AvgIpc) is 3.74. The van der Waals surface area contributed by atoms with E-state index in [1.54, 1.807) is 16.2 Å². The third-order valence-corrected chi connectivity index (χ3v) is 9.40. The molecule has 10 heteroatoms. The Hall–Kier alpha value is -3.53. The van der Waals surface area contributed by atoms with Gasteiger partial charge >= 0.3 is 0 Å². The molecule has 2 fully saturated rings. The Balaban J connectivity index is 1.24. The van der Waals surface area contributed by atoms with Crippen molar-refractivity contribution in [2.75, 3.05) is 24.5 Å². The fourth-order valence-electron chi connectivity index (χ4n) is 5.95. The number of hydrogen-bond donors (Lipinski definition) is 1. The van der Waals surface area contributed by atoms with Gasteiger partial charge in [0.1, 0.15) is 18.2 Å². The minimum absolute atomic E-state index is 0.0342. The highest BCUT2D eigenvalue weighted by Gasteiger charge is 2.40. The van der Waals surface area contributed by atoms with Crippen LogP contribution in [0, 0.1) is 18.8 Å². The van der Waals surface area contributed by atoms with Crippen molar-refractivity contribution >= 4 is 35.3 Å². The molecule has 5 rings (SSSR count). The molecule has 2 aliphatic rings. The number of carbonyl (C=O) groups is 3. The Bertz CT molecular complexity index is 1360. The van der Waals surface area contributed by atoms with E-state index in [2.05, 4.69) is 32.5 Å². The van der Waals surface area contributed by atoms with Gasteiger partial charge in [0.25, 0.3) is 0 Å². The molecule has 0 saturated carbocycles. The smallest absolute Gasteiger partial charge is 0.243 e. The maximum absolute atomic E-state index is 13.9. The molecule has 9 nitrogen and oxygen atoms in total. The number of hydrogen-bond acceptors (Lipinski definition) is 8. The van der Waals surface area contributed by atoms with Gasteiger partial charge < -0.3 is 24.4 Å². The minimum atomic E-state index is -0.530. The highest BCUT2D eigenvalue weighted by molar-refractivity contribution is 7.13. The molecule has 0 bridgehead atoms. The largest absolute Gasteiger partial charge is 0.358 e. The van der Waals surface area contributed by atoms with Crippen LogP contribution in [0.3, 0.4) is 0 Å². The van der Waals surface area contributed by atoms with Crippen molar-refractivity contribution in [2.45, 2.75) is 71.4 Å². The molecule has 2 amide bonds. The number of likely N-dealkylation sites (tertiary alicyclic amines) is 1. The highest BCUT2D eigenvalue weighted by Crippen LogP contribution is 2.34. The van der Waals surface area contributed by atoms with Crippen molar-refractivity contribution in [3.8, 4) is 10.4 Å². The average molecular weight is 578 g/mol. The van der Waals surface area contributed by atoms with Crippen molar-refractivity contribution in [1.29, 1.82) is 0 Å². The molecule has 41 heavy (non-hydrogen) atoms. The fourth-order valence-corrected chi connectivity index (χ4v) is 6.76. The first-order valence-corrected chi connectivity index (χ1v) is 15.4. The molecule has 0 radical (unpaired) electrons. The molecular formula is C31H39N5O4S. The minimum Gasteiger partial charge on any atom is -0.358 e. The van der Waals surface area contributed by atoms with Crippen LogP contribution in [0.4, 0.5) is 5.82 Å². The van der Waals surface area contributed by atoms with E-state index in [4.69, 9.17) is 4.52 Å². The van der Waals surface area contributed by atoms with Gasteiger partial charge in [0.2, 0.25) is 11.8 Å². The lowest BCUT2D eigenvalue weighted by Gasteiger charge is -2.30. The standard InChI is InChI=1S/C31H39N5O4S/c1-19(2)28(26-16-27(34-40-26)35-14-11-22(17-37)12-15-35)31(39)36-13-5-6-25(36)30(38)33-20(3)23-7-9-24(10-8-23)29-21(4)32-18-41-29/h7-10,16-20,22,25,28H,5-6,11-15H2,1-4H3,(H,33,38)/t20?,25-,28?/m0/s1. The SMILES string of the molecule is Cc1ncsc1-c1ccc(C(C)NC(=O)[C@@H]2CCCN2C(=O)C(c2cc(N3CCC(C=O)CC3)no2)C(C)C)cc1. The van der Waals surface area contributed by atoms with E-state index in [1.807, 2.05) is 51.4 Å². The molecule has 1 aromatic carbocycles. The molecule has 0 aliphatic carbocycles. The number of aldehydes is 1. The van der Waals surface area contributed by atoms with Gasteiger partial charge in [0.05, 0.1) is 22.1 Å². The second-order valence-corrected chi connectivity index (χ2v) is 12.4. The van der Waals surface area contributed by atoms with Crippen LogP contribution in [0.15, 0.2) is 40.4 Å². The summed E-state index contributed by atoms with van der Waals surface area (Å²) in [6.07, 6.45) is 4.02. The first kappa shape index (κ1) is 29.0. The third kappa shape index (κ3) is 6.22. The predicted octanol–water partition coefficient (Wildman–Crippen LogP) is 5.13. The summed E-state index contributed by atoms with van der Waals surface area (Å²) in [4.78, 5) is 47.8. The zero-order chi connectivity index (χ0) is 29.1. The fraction of sp³-hybridized carbons (Fsp3) is 0.516. The number of piperidine rings is 1. The summed E-state index contributed by atoms with van der Waals surface area (Å²) >= 11 is 1.62. The molecule has 4 heterocycles. The number of thiazole rings is 1. The first-order chi connectivity index (χ1) is 19.8. The number of benzene rings is 1. The number of aromatic nitrogens is 2. The lowest BCUT2D eigenvalue weighted by molar-refractivity contribution is -0.141. The van der Waals surface area contributed by atoms with E-state index >= 15 is 0 Å². The summed E-state index contributed by atoms with van der Waals surface area (Å²) in [7, 11) is 0. The lowest BCUT2D eigenvalue weighted by atomic mass is 9.91. The van der Waals surface area contributed by atoms with Crippen LogP contribution >= 0.6 is 11.3 Å². The Morgan fingerprint density at radius 2 is 1.83 bits per heavy atom. The monoisotopic (exact) mass is 577 g/mol. The molecule has 1 N–H and O–H groups in total. The zero-order valence-corrected chi connectivity index (χ0v) is 25.0. The van der Waals surface area contributed by atoms with Crippen LogP contribution in [-0.2, 0) is 14.4 Å². The number of anilines is 1. The summed E-state index contributed by atoms with van der Waals surface area (Å²) in [5, 5.41) is 7.41. The van der Waals surface area contributed by atoms with Crippen LogP contribution in [0.1, 0.15) is 75.4 Å². The Labute approximate surface area is 245 Å². The van der Waals surface area contributed by atoms with Crippen molar-refractivity contribution < 1.29 is 18.9 Å². The van der Waals surface area contributed by atoms with Crippen LogP contribution in [0.2, 0.25) is 0 Å². The molecule has 3 atom stereocenters. The molecule has 218 valence electrons.